The number of thiophene rings is 2. The molecule has 1 atom stereocenters. The van der Waals surface area contributed by atoms with Crippen molar-refractivity contribution in [1.29, 1.82) is 0 Å². The van der Waals surface area contributed by atoms with Crippen molar-refractivity contribution in [3.8, 4) is 0 Å². The second kappa shape index (κ2) is 14.1. The zero-order valence-corrected chi connectivity index (χ0v) is 22.4. The predicted octanol–water partition coefficient (Wildman–Crippen LogP) is 2.06. The molecule has 9 nitrogen and oxygen atoms in total. The van der Waals surface area contributed by atoms with Crippen molar-refractivity contribution < 1.29 is 28.7 Å². The summed E-state index contributed by atoms with van der Waals surface area (Å²) in [5, 5.41) is 3.94. The molecule has 0 aliphatic carbocycles. The summed E-state index contributed by atoms with van der Waals surface area (Å²) in [5.74, 6) is -1.34. The Labute approximate surface area is 219 Å². The van der Waals surface area contributed by atoms with Crippen LogP contribution in [0.3, 0.4) is 0 Å². The lowest BCUT2D eigenvalue weighted by atomic mass is 10.0. The van der Waals surface area contributed by atoms with Crippen LogP contribution in [-0.4, -0.2) is 97.5 Å². The minimum Gasteiger partial charge on any atom is -0.465 e. The minimum absolute atomic E-state index is 0.00441. The summed E-state index contributed by atoms with van der Waals surface area (Å²) in [4.78, 5) is 58.8. The minimum atomic E-state index is -0.922. The van der Waals surface area contributed by atoms with Gasteiger partial charge in [-0.15, -0.1) is 22.7 Å². The number of amides is 3. The van der Waals surface area contributed by atoms with E-state index >= 15 is 0 Å². The average molecular weight is 536 g/mol. The molecule has 1 unspecified atom stereocenters. The van der Waals surface area contributed by atoms with Crippen LogP contribution in [-0.2, 0) is 41.5 Å². The van der Waals surface area contributed by atoms with Gasteiger partial charge in [-0.1, -0.05) is 12.1 Å². The van der Waals surface area contributed by atoms with Crippen molar-refractivity contribution >= 4 is 46.4 Å². The van der Waals surface area contributed by atoms with E-state index in [1.54, 1.807) is 34.5 Å². The van der Waals surface area contributed by atoms with E-state index < -0.39 is 17.9 Å². The highest BCUT2D eigenvalue weighted by molar-refractivity contribution is 7.10. The fourth-order valence-electron chi connectivity index (χ4n) is 4.05. The molecule has 3 heterocycles. The quantitative estimate of drug-likeness (QED) is 0.344. The third-order valence-electron chi connectivity index (χ3n) is 5.92. The summed E-state index contributed by atoms with van der Waals surface area (Å²) in [6.07, 6.45) is 1.05. The summed E-state index contributed by atoms with van der Waals surface area (Å²) in [5.41, 5.74) is 0. The molecule has 1 aliphatic heterocycles. The molecule has 2 aromatic rings. The molecule has 3 rings (SSSR count). The number of rotatable bonds is 14. The molecule has 3 amide bonds. The molecule has 1 fully saturated rings. The maximum atomic E-state index is 13.6. The van der Waals surface area contributed by atoms with Crippen molar-refractivity contribution in [3.63, 3.8) is 0 Å². The van der Waals surface area contributed by atoms with E-state index in [1.165, 1.54) is 16.9 Å². The lowest BCUT2D eigenvalue weighted by Crippen LogP contribution is -2.61. The first-order valence-corrected chi connectivity index (χ1v) is 13.7. The first-order chi connectivity index (χ1) is 17.4. The zero-order chi connectivity index (χ0) is 25.9. The Hall–Kier alpha value is -2.76. The number of piperazine rings is 1. The van der Waals surface area contributed by atoms with E-state index in [0.717, 1.165) is 9.75 Å². The number of hydrogen-bond acceptors (Lipinski definition) is 8. The van der Waals surface area contributed by atoms with Crippen molar-refractivity contribution in [2.24, 2.45) is 0 Å². The number of nitrogens with zero attached hydrogens (tertiary/aromatic N) is 3. The molecule has 0 saturated carbocycles. The first kappa shape index (κ1) is 27.8. The van der Waals surface area contributed by atoms with Gasteiger partial charge in [-0.2, -0.15) is 0 Å². The number of carbonyl (C=O) groups excluding carboxylic acids is 4. The van der Waals surface area contributed by atoms with E-state index in [9.17, 15) is 19.2 Å². The first-order valence-electron chi connectivity index (χ1n) is 12.0. The van der Waals surface area contributed by atoms with Crippen LogP contribution in [0.25, 0.3) is 0 Å². The predicted molar refractivity (Wildman–Crippen MR) is 138 cm³/mol. The molecule has 0 N–H and O–H groups in total. The standard InChI is InChI=1S/C25H33N3O6S2/c1-3-34-24(31)18-26(12-13-33-2)22(29)16-21-25(32)27(10-8-19-6-4-14-35-19)17-23(30)28(21)11-9-20-7-5-15-36-20/h4-7,14-15,21H,3,8-13,16-18H2,1-2H3. The van der Waals surface area contributed by atoms with Crippen molar-refractivity contribution in [2.45, 2.75) is 32.2 Å². The van der Waals surface area contributed by atoms with Crippen LogP contribution in [0.15, 0.2) is 35.0 Å². The second-order valence-electron chi connectivity index (χ2n) is 8.34. The normalized spacial score (nSPS) is 15.9. The molecule has 1 saturated heterocycles. The molecule has 36 heavy (non-hydrogen) atoms. The molecular weight excluding hydrogens is 502 g/mol. The van der Waals surface area contributed by atoms with Crippen LogP contribution in [0.1, 0.15) is 23.1 Å². The number of hydrogen-bond donors (Lipinski definition) is 0. The Morgan fingerprint density at radius 1 is 1.08 bits per heavy atom. The van der Waals surface area contributed by atoms with Gasteiger partial charge in [0.1, 0.15) is 12.6 Å². The van der Waals surface area contributed by atoms with Gasteiger partial charge in [0.25, 0.3) is 0 Å². The Morgan fingerprint density at radius 2 is 1.75 bits per heavy atom. The highest BCUT2D eigenvalue weighted by Crippen LogP contribution is 2.20. The fourth-order valence-corrected chi connectivity index (χ4v) is 5.45. The number of methoxy groups -OCH3 is 1. The smallest absolute Gasteiger partial charge is 0.325 e. The summed E-state index contributed by atoms with van der Waals surface area (Å²) < 4.78 is 10.1. The lowest BCUT2D eigenvalue weighted by molar-refractivity contribution is -0.159. The van der Waals surface area contributed by atoms with E-state index in [2.05, 4.69) is 0 Å². The highest BCUT2D eigenvalue weighted by atomic mass is 32.1. The fraction of sp³-hybridized carbons (Fsp3) is 0.520. The number of esters is 1. The molecular formula is C25H33N3O6S2. The lowest BCUT2D eigenvalue weighted by Gasteiger charge is -2.40. The van der Waals surface area contributed by atoms with Crippen molar-refractivity contribution in [1.82, 2.24) is 14.7 Å². The van der Waals surface area contributed by atoms with Crippen molar-refractivity contribution in [3.05, 3.63) is 44.8 Å². The molecule has 11 heteroatoms. The Morgan fingerprint density at radius 3 is 2.33 bits per heavy atom. The van der Waals surface area contributed by atoms with Crippen LogP contribution in [0.4, 0.5) is 0 Å². The van der Waals surface area contributed by atoms with Gasteiger partial charge in [0.2, 0.25) is 17.7 Å². The largest absolute Gasteiger partial charge is 0.465 e. The summed E-state index contributed by atoms with van der Waals surface area (Å²) in [6.45, 7) is 2.83. The number of ether oxygens (including phenoxy) is 2. The Bertz CT molecular complexity index is 996. The molecule has 0 radical (unpaired) electrons. The van der Waals surface area contributed by atoms with Gasteiger partial charge in [0.05, 0.1) is 26.2 Å². The van der Waals surface area contributed by atoms with Crippen LogP contribution in [0, 0.1) is 0 Å². The third kappa shape index (κ3) is 7.87. The Kier molecular flexibility index (Phi) is 10.9. The molecule has 0 aromatic carbocycles. The maximum absolute atomic E-state index is 13.6. The van der Waals surface area contributed by atoms with Gasteiger partial charge in [0.15, 0.2) is 0 Å². The van der Waals surface area contributed by atoms with E-state index in [1.807, 2.05) is 35.0 Å². The molecule has 0 bridgehead atoms. The van der Waals surface area contributed by atoms with E-state index in [4.69, 9.17) is 9.47 Å². The summed E-state index contributed by atoms with van der Waals surface area (Å²) in [7, 11) is 1.51. The van der Waals surface area contributed by atoms with Crippen molar-refractivity contribution in [2.75, 3.05) is 53.0 Å². The SMILES string of the molecule is CCOC(=O)CN(CCOC)C(=O)CC1C(=O)N(CCc2cccs2)CC(=O)N1CCc1cccs1. The van der Waals surface area contributed by atoms with Gasteiger partial charge < -0.3 is 24.2 Å². The third-order valence-corrected chi connectivity index (χ3v) is 7.79. The summed E-state index contributed by atoms with van der Waals surface area (Å²) >= 11 is 3.19. The maximum Gasteiger partial charge on any atom is 0.325 e. The van der Waals surface area contributed by atoms with E-state index in [0.29, 0.717) is 25.9 Å². The van der Waals surface area contributed by atoms with E-state index in [-0.39, 0.29) is 51.1 Å². The van der Waals surface area contributed by atoms with Crippen LogP contribution in [0.5, 0.6) is 0 Å². The van der Waals surface area contributed by atoms with Gasteiger partial charge in [-0.3, -0.25) is 19.2 Å². The number of carbonyl (C=O) groups is 4. The zero-order valence-electron chi connectivity index (χ0n) is 20.7. The highest BCUT2D eigenvalue weighted by Gasteiger charge is 2.41. The van der Waals surface area contributed by atoms with Crippen LogP contribution < -0.4 is 0 Å². The molecule has 1 aliphatic rings. The van der Waals surface area contributed by atoms with Gasteiger partial charge >= 0.3 is 5.97 Å². The second-order valence-corrected chi connectivity index (χ2v) is 10.4. The average Bonchev–Trinajstić information content (AvgIpc) is 3.57. The van der Waals surface area contributed by atoms with Gasteiger partial charge in [-0.05, 0) is 42.7 Å². The van der Waals surface area contributed by atoms with Crippen LogP contribution >= 0.6 is 22.7 Å². The Balaban J connectivity index is 1.75. The topological polar surface area (TPSA) is 96.5 Å². The van der Waals surface area contributed by atoms with Crippen LogP contribution in [0.2, 0.25) is 0 Å². The monoisotopic (exact) mass is 535 g/mol. The summed E-state index contributed by atoms with van der Waals surface area (Å²) in [6, 6.07) is 6.96. The molecule has 0 spiro atoms. The van der Waals surface area contributed by atoms with Gasteiger partial charge in [-0.25, -0.2) is 0 Å². The molecule has 2 aromatic heterocycles. The van der Waals surface area contributed by atoms with Gasteiger partial charge in [0, 0.05) is 36.5 Å². The molecule has 196 valence electrons.